The van der Waals surface area contributed by atoms with E-state index in [0.29, 0.717) is 6.61 Å². The van der Waals surface area contributed by atoms with Crippen molar-refractivity contribution in [1.29, 1.82) is 0 Å². The number of nitrogens with one attached hydrogen (secondary N) is 1. The molecule has 22 heavy (non-hydrogen) atoms. The van der Waals surface area contributed by atoms with Crippen molar-refractivity contribution in [2.24, 2.45) is 0 Å². The molecule has 0 fully saturated rings. The molecular weight excluding hydrogens is 350 g/mol. The van der Waals surface area contributed by atoms with E-state index >= 15 is 0 Å². The van der Waals surface area contributed by atoms with Crippen LogP contribution in [0.2, 0.25) is 0 Å². The highest BCUT2D eigenvalue weighted by Gasteiger charge is 2.23. The van der Waals surface area contributed by atoms with Gasteiger partial charge in [0.1, 0.15) is 5.60 Å². The highest BCUT2D eigenvalue weighted by atomic mass is 79.9. The van der Waals surface area contributed by atoms with Gasteiger partial charge in [-0.2, -0.15) is 0 Å². The van der Waals surface area contributed by atoms with E-state index in [0.717, 1.165) is 10.0 Å². The maximum atomic E-state index is 12.0. The molecule has 0 saturated heterocycles. The van der Waals surface area contributed by atoms with E-state index in [2.05, 4.69) is 21.2 Å². The molecule has 1 N–H and O–H groups in total. The molecule has 0 heterocycles. The summed E-state index contributed by atoms with van der Waals surface area (Å²) in [7, 11) is 0. The Hall–Kier alpha value is -1.56. The van der Waals surface area contributed by atoms with Crippen LogP contribution in [0.5, 0.6) is 0 Å². The van der Waals surface area contributed by atoms with E-state index in [-0.39, 0.29) is 12.4 Å². The molecule has 1 aromatic rings. The second kappa shape index (κ2) is 8.17. The topological polar surface area (TPSA) is 64.6 Å². The number of benzene rings is 1. The van der Waals surface area contributed by atoms with Gasteiger partial charge in [0.15, 0.2) is 0 Å². The van der Waals surface area contributed by atoms with Crippen LogP contribution in [0.25, 0.3) is 0 Å². The zero-order valence-corrected chi connectivity index (χ0v) is 14.9. The summed E-state index contributed by atoms with van der Waals surface area (Å²) >= 11 is 3.36. The van der Waals surface area contributed by atoms with Crippen LogP contribution in [-0.2, 0) is 14.3 Å². The molecular formula is C16H22BrNO4. The summed E-state index contributed by atoms with van der Waals surface area (Å²) in [5.74, 6) is -0.369. The summed E-state index contributed by atoms with van der Waals surface area (Å²) in [4.78, 5) is 23.7. The average molecular weight is 372 g/mol. The monoisotopic (exact) mass is 371 g/mol. The molecule has 0 aromatic heterocycles. The van der Waals surface area contributed by atoms with Crippen molar-refractivity contribution in [3.8, 4) is 0 Å². The van der Waals surface area contributed by atoms with E-state index in [1.54, 1.807) is 27.7 Å². The predicted octanol–water partition coefficient (Wildman–Crippen LogP) is 3.97. The smallest absolute Gasteiger partial charge is 0.408 e. The Bertz CT molecular complexity index is 508. The summed E-state index contributed by atoms with van der Waals surface area (Å²) in [6.07, 6.45) is -0.515. The fourth-order valence-corrected chi connectivity index (χ4v) is 2.05. The first-order valence-electron chi connectivity index (χ1n) is 7.12. The molecule has 1 rings (SSSR count). The summed E-state index contributed by atoms with van der Waals surface area (Å²) in [5, 5.41) is 2.72. The number of ether oxygens (including phenoxy) is 2. The Balaban J connectivity index is 2.84. The lowest BCUT2D eigenvalue weighted by molar-refractivity contribution is -0.143. The quantitative estimate of drug-likeness (QED) is 0.795. The van der Waals surface area contributed by atoms with Crippen molar-refractivity contribution < 1.29 is 19.1 Å². The normalized spacial score (nSPS) is 12.4. The Kier molecular flexibility index (Phi) is 6.87. The minimum absolute atomic E-state index is 0.0503. The maximum Gasteiger partial charge on any atom is 0.408 e. The molecule has 1 unspecified atom stereocenters. The Morgan fingerprint density at radius 3 is 2.32 bits per heavy atom. The van der Waals surface area contributed by atoms with Crippen molar-refractivity contribution in [3.05, 3.63) is 34.3 Å². The molecule has 1 aromatic carbocycles. The van der Waals surface area contributed by atoms with Crippen LogP contribution in [0.15, 0.2) is 28.7 Å². The Labute approximate surface area is 139 Å². The number of carbonyl (C=O) groups is 2. The number of alkyl carbamates (subject to hydrolysis) is 1. The summed E-state index contributed by atoms with van der Waals surface area (Å²) in [6.45, 7) is 7.40. The van der Waals surface area contributed by atoms with Gasteiger partial charge >= 0.3 is 12.1 Å². The molecule has 0 radical (unpaired) electrons. The van der Waals surface area contributed by atoms with Gasteiger partial charge in [-0.3, -0.25) is 4.79 Å². The number of halogens is 1. The molecule has 0 aliphatic rings. The van der Waals surface area contributed by atoms with Gasteiger partial charge in [0, 0.05) is 4.47 Å². The van der Waals surface area contributed by atoms with E-state index in [1.165, 1.54) is 0 Å². The summed E-state index contributed by atoms with van der Waals surface area (Å²) in [6, 6.07) is 6.88. The van der Waals surface area contributed by atoms with Crippen LogP contribution in [0.3, 0.4) is 0 Å². The molecule has 1 amide bonds. The number of hydrogen-bond donors (Lipinski definition) is 1. The second-order valence-electron chi connectivity index (χ2n) is 5.76. The van der Waals surface area contributed by atoms with E-state index in [4.69, 9.17) is 9.47 Å². The molecule has 1 atom stereocenters. The van der Waals surface area contributed by atoms with Crippen LogP contribution in [0.4, 0.5) is 4.79 Å². The minimum Gasteiger partial charge on any atom is -0.466 e. The number of rotatable bonds is 5. The van der Waals surface area contributed by atoms with E-state index in [1.807, 2.05) is 24.3 Å². The second-order valence-corrected chi connectivity index (χ2v) is 6.68. The van der Waals surface area contributed by atoms with Crippen molar-refractivity contribution in [2.45, 2.75) is 45.8 Å². The van der Waals surface area contributed by atoms with Crippen LogP contribution in [-0.4, -0.2) is 24.3 Å². The molecule has 122 valence electrons. The van der Waals surface area contributed by atoms with Gasteiger partial charge < -0.3 is 14.8 Å². The SMILES string of the molecule is CCOC(=O)CC(NC(=O)OC(C)(C)C)c1ccc(Br)cc1. The third-order valence-corrected chi connectivity index (χ3v) is 3.17. The highest BCUT2D eigenvalue weighted by Crippen LogP contribution is 2.21. The van der Waals surface area contributed by atoms with Crippen LogP contribution < -0.4 is 5.32 Å². The standard InChI is InChI=1S/C16H22BrNO4/c1-5-21-14(19)10-13(11-6-8-12(17)9-7-11)18-15(20)22-16(2,3)4/h6-9,13H,5,10H2,1-4H3,(H,18,20). The van der Waals surface area contributed by atoms with Gasteiger partial charge in [0.2, 0.25) is 0 Å². The number of carbonyl (C=O) groups excluding carboxylic acids is 2. The molecule has 5 nitrogen and oxygen atoms in total. The molecule has 0 aliphatic heterocycles. The van der Waals surface area contributed by atoms with Crippen LogP contribution >= 0.6 is 15.9 Å². The zero-order valence-electron chi connectivity index (χ0n) is 13.3. The van der Waals surface area contributed by atoms with Gasteiger partial charge in [0.25, 0.3) is 0 Å². The van der Waals surface area contributed by atoms with Crippen molar-refractivity contribution in [1.82, 2.24) is 5.32 Å². The maximum absolute atomic E-state index is 12.0. The fourth-order valence-electron chi connectivity index (χ4n) is 1.78. The van der Waals surface area contributed by atoms with Gasteiger partial charge in [-0.15, -0.1) is 0 Å². The lowest BCUT2D eigenvalue weighted by atomic mass is 10.0. The number of hydrogen-bond acceptors (Lipinski definition) is 4. The Morgan fingerprint density at radius 1 is 1.23 bits per heavy atom. The average Bonchev–Trinajstić information content (AvgIpc) is 2.36. The zero-order chi connectivity index (χ0) is 16.8. The molecule has 0 bridgehead atoms. The van der Waals surface area contributed by atoms with Gasteiger partial charge in [-0.05, 0) is 45.4 Å². The first kappa shape index (κ1) is 18.5. The van der Waals surface area contributed by atoms with Gasteiger partial charge in [-0.25, -0.2) is 4.79 Å². The number of esters is 1. The predicted molar refractivity (Wildman–Crippen MR) is 87.5 cm³/mol. The third-order valence-electron chi connectivity index (χ3n) is 2.64. The largest absolute Gasteiger partial charge is 0.466 e. The van der Waals surface area contributed by atoms with E-state index in [9.17, 15) is 9.59 Å². The van der Waals surface area contributed by atoms with Crippen molar-refractivity contribution in [2.75, 3.05) is 6.61 Å². The molecule has 0 saturated carbocycles. The fraction of sp³-hybridized carbons (Fsp3) is 0.500. The van der Waals surface area contributed by atoms with Gasteiger partial charge in [0.05, 0.1) is 19.1 Å². The van der Waals surface area contributed by atoms with Gasteiger partial charge in [-0.1, -0.05) is 28.1 Å². The van der Waals surface area contributed by atoms with E-state index < -0.39 is 17.7 Å². The first-order chi connectivity index (χ1) is 10.2. The summed E-state index contributed by atoms with van der Waals surface area (Å²) < 4.78 is 11.1. The van der Waals surface area contributed by atoms with Crippen LogP contribution in [0.1, 0.15) is 45.7 Å². The van der Waals surface area contributed by atoms with Crippen LogP contribution in [0, 0.1) is 0 Å². The minimum atomic E-state index is -0.599. The first-order valence-corrected chi connectivity index (χ1v) is 7.91. The summed E-state index contributed by atoms with van der Waals surface area (Å²) in [5.41, 5.74) is 0.209. The highest BCUT2D eigenvalue weighted by molar-refractivity contribution is 9.10. The third kappa shape index (κ3) is 6.93. The molecule has 0 spiro atoms. The Morgan fingerprint density at radius 2 is 1.82 bits per heavy atom. The lowest BCUT2D eigenvalue weighted by Crippen LogP contribution is -2.36. The van der Waals surface area contributed by atoms with Crippen molar-refractivity contribution >= 4 is 28.0 Å². The number of amides is 1. The molecule has 0 aliphatic carbocycles. The molecule has 6 heteroatoms. The van der Waals surface area contributed by atoms with Crippen molar-refractivity contribution in [3.63, 3.8) is 0 Å². The lowest BCUT2D eigenvalue weighted by Gasteiger charge is -2.23.